The zero-order valence-electron chi connectivity index (χ0n) is 21.2. The molecule has 2 N–H and O–H groups in total. The number of rotatable bonds is 11. The Morgan fingerprint density at radius 3 is 2.63 bits per heavy atom. The van der Waals surface area contributed by atoms with E-state index in [9.17, 15) is 14.4 Å². The van der Waals surface area contributed by atoms with Crippen molar-refractivity contribution in [1.29, 1.82) is 0 Å². The number of hydrogen-bond donors (Lipinski definition) is 2. The summed E-state index contributed by atoms with van der Waals surface area (Å²) in [5.74, 6) is -0.377. The second-order valence-electron chi connectivity index (χ2n) is 8.53. The third-order valence-electron chi connectivity index (χ3n) is 6.10. The molecule has 0 aliphatic carbocycles. The Labute approximate surface area is 224 Å². The zero-order valence-corrected chi connectivity index (χ0v) is 22.0. The molecule has 0 bridgehead atoms. The van der Waals surface area contributed by atoms with Crippen molar-refractivity contribution in [3.8, 4) is 11.5 Å². The van der Waals surface area contributed by atoms with Gasteiger partial charge in [0.25, 0.3) is 5.91 Å². The summed E-state index contributed by atoms with van der Waals surface area (Å²) in [6.45, 7) is 0.644. The molecule has 0 saturated carbocycles. The molecule has 3 amide bonds. The van der Waals surface area contributed by atoms with Crippen LogP contribution >= 0.6 is 11.3 Å². The third-order valence-corrected chi connectivity index (χ3v) is 6.96. The first kappa shape index (κ1) is 27.1. The summed E-state index contributed by atoms with van der Waals surface area (Å²) in [7, 11) is 3.02. The van der Waals surface area contributed by atoms with Crippen molar-refractivity contribution in [2.45, 2.75) is 25.0 Å². The number of aromatic nitrogens is 1. The Bertz CT molecular complexity index is 1230. The van der Waals surface area contributed by atoms with Crippen LogP contribution in [0.1, 0.15) is 34.1 Å². The fraction of sp³-hybridized carbons (Fsp3) is 0.333. The van der Waals surface area contributed by atoms with Crippen LogP contribution < -0.4 is 25.0 Å². The number of methoxy groups -OCH3 is 2. The number of thiophene rings is 1. The Balaban J connectivity index is 1.68. The Hall–Kier alpha value is -3.96. The van der Waals surface area contributed by atoms with Crippen molar-refractivity contribution in [1.82, 2.24) is 15.6 Å². The van der Waals surface area contributed by atoms with Crippen LogP contribution in [-0.4, -0.2) is 62.7 Å². The van der Waals surface area contributed by atoms with Crippen molar-refractivity contribution in [2.24, 2.45) is 0 Å². The largest absolute Gasteiger partial charge is 0.493 e. The van der Waals surface area contributed by atoms with Crippen molar-refractivity contribution in [3.05, 3.63) is 70.7 Å². The van der Waals surface area contributed by atoms with Gasteiger partial charge in [0.2, 0.25) is 11.8 Å². The maximum absolute atomic E-state index is 13.8. The average Bonchev–Trinajstić information content (AvgIpc) is 3.68. The van der Waals surface area contributed by atoms with Crippen LogP contribution in [0.3, 0.4) is 0 Å². The highest BCUT2D eigenvalue weighted by atomic mass is 32.1. The van der Waals surface area contributed by atoms with E-state index >= 15 is 0 Å². The van der Waals surface area contributed by atoms with Gasteiger partial charge in [0.15, 0.2) is 11.5 Å². The van der Waals surface area contributed by atoms with Crippen molar-refractivity contribution in [3.63, 3.8) is 0 Å². The first-order valence-corrected chi connectivity index (χ1v) is 13.0. The Morgan fingerprint density at radius 2 is 1.97 bits per heavy atom. The standard InChI is InChI=1S/C27H30N4O6S/c1-35-21-10-9-18(14-22(21)36-2)25(27(34)29-16-20-7-4-12-37-20)31(19-6-3-11-28-15-19)24(32)17-30-26(33)23-8-5-13-38-23/h3,5-6,8-11,13-15,20,25H,4,7,12,16-17H2,1-2H3,(H,29,34)(H,30,33)/t20-,25+/m1/s1. The molecule has 200 valence electrons. The molecular weight excluding hydrogens is 508 g/mol. The van der Waals surface area contributed by atoms with E-state index in [0.29, 0.717) is 40.8 Å². The van der Waals surface area contributed by atoms with Crippen LogP contribution in [0.25, 0.3) is 0 Å². The topological polar surface area (TPSA) is 119 Å². The van der Waals surface area contributed by atoms with Gasteiger partial charge in [-0.2, -0.15) is 0 Å². The van der Waals surface area contributed by atoms with Gasteiger partial charge in [-0.15, -0.1) is 11.3 Å². The lowest BCUT2D eigenvalue weighted by Gasteiger charge is -2.32. The number of benzene rings is 1. The van der Waals surface area contributed by atoms with Crippen LogP contribution in [0, 0.1) is 0 Å². The fourth-order valence-corrected chi connectivity index (χ4v) is 4.87. The molecule has 2 aromatic heterocycles. The first-order chi connectivity index (χ1) is 18.5. The lowest BCUT2D eigenvalue weighted by Crippen LogP contribution is -2.48. The lowest BCUT2D eigenvalue weighted by atomic mass is 10.0. The lowest BCUT2D eigenvalue weighted by molar-refractivity contribution is -0.126. The number of nitrogens with one attached hydrogen (secondary N) is 2. The van der Waals surface area contributed by atoms with Gasteiger partial charge in [-0.05, 0) is 54.1 Å². The third kappa shape index (κ3) is 6.48. The fourth-order valence-electron chi connectivity index (χ4n) is 4.23. The second kappa shape index (κ2) is 13.0. The molecule has 1 aliphatic rings. The molecule has 2 atom stereocenters. The Kier molecular flexibility index (Phi) is 9.28. The molecule has 1 saturated heterocycles. The van der Waals surface area contributed by atoms with E-state index in [0.717, 1.165) is 12.8 Å². The highest BCUT2D eigenvalue weighted by Gasteiger charge is 2.34. The van der Waals surface area contributed by atoms with Gasteiger partial charge in [0.05, 0.1) is 43.6 Å². The molecule has 1 aliphatic heterocycles. The molecule has 38 heavy (non-hydrogen) atoms. The normalized spacial score (nSPS) is 15.4. The molecule has 11 heteroatoms. The number of carbonyl (C=O) groups is 3. The number of amides is 3. The maximum atomic E-state index is 13.8. The zero-order chi connectivity index (χ0) is 26.9. The molecule has 0 radical (unpaired) electrons. The van der Waals surface area contributed by atoms with E-state index in [2.05, 4.69) is 15.6 Å². The minimum atomic E-state index is -1.09. The van der Waals surface area contributed by atoms with E-state index in [-0.39, 0.29) is 18.6 Å². The second-order valence-corrected chi connectivity index (χ2v) is 9.48. The summed E-state index contributed by atoms with van der Waals surface area (Å²) in [4.78, 5) is 46.0. The summed E-state index contributed by atoms with van der Waals surface area (Å²) in [5.41, 5.74) is 0.893. The summed E-state index contributed by atoms with van der Waals surface area (Å²) in [6, 6.07) is 10.8. The highest BCUT2D eigenvalue weighted by Crippen LogP contribution is 2.34. The van der Waals surface area contributed by atoms with Gasteiger partial charge < -0.3 is 24.8 Å². The van der Waals surface area contributed by atoms with Crippen molar-refractivity contribution >= 4 is 34.7 Å². The molecule has 1 fully saturated rings. The first-order valence-electron chi connectivity index (χ1n) is 12.2. The molecule has 3 aromatic rings. The van der Waals surface area contributed by atoms with Gasteiger partial charge in [0, 0.05) is 19.3 Å². The van der Waals surface area contributed by atoms with E-state index in [1.165, 1.54) is 36.7 Å². The van der Waals surface area contributed by atoms with Crippen molar-refractivity contribution in [2.75, 3.05) is 38.8 Å². The van der Waals surface area contributed by atoms with Gasteiger partial charge in [-0.1, -0.05) is 12.1 Å². The van der Waals surface area contributed by atoms with Crippen molar-refractivity contribution < 1.29 is 28.6 Å². The number of hydrogen-bond acceptors (Lipinski definition) is 8. The molecule has 3 heterocycles. The van der Waals surface area contributed by atoms with E-state index in [4.69, 9.17) is 14.2 Å². The minimum absolute atomic E-state index is 0.0855. The Morgan fingerprint density at radius 1 is 1.13 bits per heavy atom. The SMILES string of the molecule is COc1ccc([C@@H](C(=O)NC[C@H]2CCCO2)N(C(=O)CNC(=O)c2cccs2)c2cccnc2)cc1OC. The van der Waals surface area contributed by atoms with Crippen LogP contribution in [0.15, 0.2) is 60.2 Å². The quantitative estimate of drug-likeness (QED) is 0.385. The molecule has 4 rings (SSSR count). The van der Waals surface area contributed by atoms with E-state index in [1.54, 1.807) is 54.0 Å². The molecule has 0 spiro atoms. The predicted octanol–water partition coefficient (Wildman–Crippen LogP) is 2.96. The smallest absolute Gasteiger partial charge is 0.261 e. The highest BCUT2D eigenvalue weighted by molar-refractivity contribution is 7.12. The van der Waals surface area contributed by atoms with E-state index in [1.807, 2.05) is 0 Å². The maximum Gasteiger partial charge on any atom is 0.261 e. The van der Waals surface area contributed by atoms with Crippen LogP contribution in [-0.2, 0) is 14.3 Å². The monoisotopic (exact) mass is 538 g/mol. The molecule has 0 unspecified atom stereocenters. The molecule has 1 aromatic carbocycles. The number of nitrogens with zero attached hydrogens (tertiary/aromatic N) is 2. The van der Waals surface area contributed by atoms with Crippen LogP contribution in [0.2, 0.25) is 0 Å². The van der Waals surface area contributed by atoms with Crippen LogP contribution in [0.4, 0.5) is 5.69 Å². The van der Waals surface area contributed by atoms with E-state index < -0.39 is 17.9 Å². The summed E-state index contributed by atoms with van der Waals surface area (Å²) in [6.07, 6.45) is 4.77. The average molecular weight is 539 g/mol. The summed E-state index contributed by atoms with van der Waals surface area (Å²) in [5, 5.41) is 7.39. The van der Waals surface area contributed by atoms with Crippen LogP contribution in [0.5, 0.6) is 11.5 Å². The number of carbonyl (C=O) groups excluding carboxylic acids is 3. The minimum Gasteiger partial charge on any atom is -0.493 e. The predicted molar refractivity (Wildman–Crippen MR) is 143 cm³/mol. The van der Waals surface area contributed by atoms with Gasteiger partial charge in [-0.25, -0.2) is 0 Å². The number of anilines is 1. The molecule has 10 nitrogen and oxygen atoms in total. The van der Waals surface area contributed by atoms with Gasteiger partial charge in [0.1, 0.15) is 6.04 Å². The number of pyridine rings is 1. The van der Waals surface area contributed by atoms with Gasteiger partial charge in [-0.3, -0.25) is 24.3 Å². The number of ether oxygens (including phenoxy) is 3. The van der Waals surface area contributed by atoms with Gasteiger partial charge >= 0.3 is 0 Å². The summed E-state index contributed by atoms with van der Waals surface area (Å²) < 4.78 is 16.5. The summed E-state index contributed by atoms with van der Waals surface area (Å²) >= 11 is 1.27. The molecular formula is C27H30N4O6S.